The SMILES string of the molecule is O=C(CSc1nnc(Nc2cccc(F)c2)s1)NNC(=O)c1ccccc1. The van der Waals surface area contributed by atoms with Crippen LogP contribution in [0.3, 0.4) is 0 Å². The first-order valence-electron chi connectivity index (χ1n) is 7.73. The lowest BCUT2D eigenvalue weighted by Crippen LogP contribution is -2.42. The molecule has 0 unspecified atom stereocenters. The van der Waals surface area contributed by atoms with Crippen molar-refractivity contribution in [2.45, 2.75) is 4.34 Å². The summed E-state index contributed by atoms with van der Waals surface area (Å²) in [4.78, 5) is 23.7. The number of halogens is 1. The maximum Gasteiger partial charge on any atom is 0.269 e. The molecule has 2 amide bonds. The molecule has 2 aromatic carbocycles. The summed E-state index contributed by atoms with van der Waals surface area (Å²) in [5.74, 6) is -1.07. The van der Waals surface area contributed by atoms with Gasteiger partial charge in [0, 0.05) is 11.3 Å². The summed E-state index contributed by atoms with van der Waals surface area (Å²) in [5, 5.41) is 11.3. The molecule has 0 spiro atoms. The van der Waals surface area contributed by atoms with E-state index in [2.05, 4.69) is 26.4 Å². The monoisotopic (exact) mass is 403 g/mol. The van der Waals surface area contributed by atoms with E-state index >= 15 is 0 Å². The molecule has 10 heteroatoms. The molecule has 0 aliphatic rings. The number of hydrazine groups is 1. The van der Waals surface area contributed by atoms with Gasteiger partial charge in [0.2, 0.25) is 11.0 Å². The number of anilines is 2. The van der Waals surface area contributed by atoms with E-state index in [4.69, 9.17) is 0 Å². The van der Waals surface area contributed by atoms with Gasteiger partial charge in [0.1, 0.15) is 5.82 Å². The average molecular weight is 403 g/mol. The van der Waals surface area contributed by atoms with E-state index in [1.807, 2.05) is 0 Å². The van der Waals surface area contributed by atoms with Crippen LogP contribution in [0.15, 0.2) is 58.9 Å². The van der Waals surface area contributed by atoms with Crippen LogP contribution in [0.5, 0.6) is 0 Å². The van der Waals surface area contributed by atoms with Crippen LogP contribution >= 0.6 is 23.1 Å². The molecule has 138 valence electrons. The van der Waals surface area contributed by atoms with Gasteiger partial charge in [0.25, 0.3) is 5.91 Å². The van der Waals surface area contributed by atoms with Crippen molar-refractivity contribution in [3.05, 3.63) is 66.0 Å². The standard InChI is InChI=1S/C17H14FN5O2S2/c18-12-7-4-8-13(9-12)19-16-22-23-17(27-16)26-10-14(24)20-21-15(25)11-5-2-1-3-6-11/h1-9H,10H2,(H,19,22)(H,20,24)(H,21,25). The Hall–Kier alpha value is -2.98. The Morgan fingerprint density at radius 1 is 1.04 bits per heavy atom. The van der Waals surface area contributed by atoms with Gasteiger partial charge in [-0.05, 0) is 30.3 Å². The van der Waals surface area contributed by atoms with Crippen molar-refractivity contribution < 1.29 is 14.0 Å². The van der Waals surface area contributed by atoms with Crippen molar-refractivity contribution >= 4 is 45.7 Å². The van der Waals surface area contributed by atoms with Crippen molar-refractivity contribution in [3.8, 4) is 0 Å². The second kappa shape index (κ2) is 9.10. The average Bonchev–Trinajstić information content (AvgIpc) is 3.12. The fourth-order valence-electron chi connectivity index (χ4n) is 1.96. The van der Waals surface area contributed by atoms with Crippen LogP contribution in [0.25, 0.3) is 0 Å². The molecule has 0 bridgehead atoms. The number of carbonyl (C=O) groups is 2. The second-order valence-corrected chi connectivity index (χ2v) is 7.37. The third kappa shape index (κ3) is 5.76. The number of hydrogen-bond acceptors (Lipinski definition) is 7. The summed E-state index contributed by atoms with van der Waals surface area (Å²) in [7, 11) is 0. The number of benzene rings is 2. The smallest absolute Gasteiger partial charge is 0.269 e. The molecule has 0 saturated carbocycles. The molecule has 3 N–H and O–H groups in total. The molecule has 0 saturated heterocycles. The number of thioether (sulfide) groups is 1. The first-order valence-corrected chi connectivity index (χ1v) is 9.53. The lowest BCUT2D eigenvalue weighted by atomic mass is 10.2. The minimum atomic E-state index is -0.397. The van der Waals surface area contributed by atoms with Crippen LogP contribution in [0, 0.1) is 5.82 Å². The molecule has 0 aliphatic heterocycles. The second-order valence-electron chi connectivity index (χ2n) is 5.17. The molecule has 0 fully saturated rings. The minimum absolute atomic E-state index is 0.0592. The molecule has 3 rings (SSSR count). The van der Waals surface area contributed by atoms with Gasteiger partial charge in [0.05, 0.1) is 5.75 Å². The number of hydrogen-bond donors (Lipinski definition) is 3. The number of rotatable bonds is 6. The predicted octanol–water partition coefficient (Wildman–Crippen LogP) is 2.97. The fourth-order valence-corrected chi connectivity index (χ4v) is 3.53. The lowest BCUT2D eigenvalue weighted by molar-refractivity contribution is -0.119. The van der Waals surface area contributed by atoms with Crippen LogP contribution in [0.2, 0.25) is 0 Å². The molecular weight excluding hydrogens is 389 g/mol. The Bertz CT molecular complexity index is 936. The Labute approximate surface area is 162 Å². The molecule has 0 radical (unpaired) electrons. The Morgan fingerprint density at radius 3 is 2.63 bits per heavy atom. The van der Waals surface area contributed by atoms with Crippen molar-refractivity contribution in [3.63, 3.8) is 0 Å². The van der Waals surface area contributed by atoms with Gasteiger partial charge in [0.15, 0.2) is 4.34 Å². The largest absolute Gasteiger partial charge is 0.330 e. The molecular formula is C17H14FN5O2S2. The van der Waals surface area contributed by atoms with Gasteiger partial charge in [-0.1, -0.05) is 47.4 Å². The highest BCUT2D eigenvalue weighted by molar-refractivity contribution is 8.01. The van der Waals surface area contributed by atoms with Gasteiger partial charge in [-0.2, -0.15) is 0 Å². The van der Waals surface area contributed by atoms with Crippen LogP contribution in [-0.4, -0.2) is 27.8 Å². The Balaban J connectivity index is 1.44. The zero-order valence-corrected chi connectivity index (χ0v) is 15.4. The number of carbonyl (C=O) groups excluding carboxylic acids is 2. The van der Waals surface area contributed by atoms with E-state index in [1.165, 1.54) is 35.2 Å². The topological polar surface area (TPSA) is 96.0 Å². The molecule has 27 heavy (non-hydrogen) atoms. The molecule has 1 aromatic heterocycles. The molecule has 0 atom stereocenters. The van der Waals surface area contributed by atoms with Gasteiger partial charge in [-0.3, -0.25) is 20.4 Å². The van der Waals surface area contributed by atoms with E-state index < -0.39 is 5.91 Å². The summed E-state index contributed by atoms with van der Waals surface area (Å²) in [5.41, 5.74) is 5.70. The zero-order valence-electron chi connectivity index (χ0n) is 13.8. The molecule has 7 nitrogen and oxygen atoms in total. The Kier molecular flexibility index (Phi) is 6.34. The van der Waals surface area contributed by atoms with E-state index in [-0.39, 0.29) is 17.5 Å². The van der Waals surface area contributed by atoms with Gasteiger partial charge in [-0.15, -0.1) is 10.2 Å². The first-order chi connectivity index (χ1) is 13.1. The summed E-state index contributed by atoms with van der Waals surface area (Å²) in [6, 6.07) is 14.5. The van der Waals surface area contributed by atoms with Crippen LogP contribution in [0.1, 0.15) is 10.4 Å². The summed E-state index contributed by atoms with van der Waals surface area (Å²) >= 11 is 2.41. The van der Waals surface area contributed by atoms with Crippen LogP contribution in [-0.2, 0) is 4.79 Å². The number of aromatic nitrogens is 2. The highest BCUT2D eigenvalue weighted by Gasteiger charge is 2.10. The van der Waals surface area contributed by atoms with Crippen molar-refractivity contribution in [2.75, 3.05) is 11.1 Å². The Morgan fingerprint density at radius 2 is 1.85 bits per heavy atom. The van der Waals surface area contributed by atoms with Crippen LogP contribution in [0.4, 0.5) is 15.2 Å². The van der Waals surface area contributed by atoms with Gasteiger partial charge >= 0.3 is 0 Å². The number of nitrogens with one attached hydrogen (secondary N) is 3. The van der Waals surface area contributed by atoms with Crippen molar-refractivity contribution in [1.82, 2.24) is 21.0 Å². The van der Waals surface area contributed by atoms with E-state index in [1.54, 1.807) is 42.5 Å². The lowest BCUT2D eigenvalue weighted by Gasteiger charge is -2.06. The minimum Gasteiger partial charge on any atom is -0.330 e. The normalized spacial score (nSPS) is 10.3. The maximum absolute atomic E-state index is 13.2. The fraction of sp³-hybridized carbons (Fsp3) is 0.0588. The van der Waals surface area contributed by atoms with Crippen molar-refractivity contribution in [1.29, 1.82) is 0 Å². The molecule has 3 aromatic rings. The third-order valence-electron chi connectivity index (χ3n) is 3.16. The first kappa shape index (κ1) is 18.8. The number of nitrogens with zero attached hydrogens (tertiary/aromatic N) is 2. The number of amides is 2. The summed E-state index contributed by atoms with van der Waals surface area (Å²) in [6.07, 6.45) is 0. The third-order valence-corrected chi connectivity index (χ3v) is 5.13. The maximum atomic E-state index is 13.2. The highest BCUT2D eigenvalue weighted by Crippen LogP contribution is 2.27. The van der Waals surface area contributed by atoms with Crippen molar-refractivity contribution in [2.24, 2.45) is 0 Å². The highest BCUT2D eigenvalue weighted by atomic mass is 32.2. The zero-order chi connectivity index (χ0) is 19.1. The van der Waals surface area contributed by atoms with Gasteiger partial charge in [-0.25, -0.2) is 4.39 Å². The summed E-state index contributed by atoms with van der Waals surface area (Å²) < 4.78 is 13.7. The van der Waals surface area contributed by atoms with Gasteiger partial charge < -0.3 is 5.32 Å². The van der Waals surface area contributed by atoms with E-state index in [0.29, 0.717) is 20.7 Å². The van der Waals surface area contributed by atoms with E-state index in [0.717, 1.165) is 0 Å². The van der Waals surface area contributed by atoms with E-state index in [9.17, 15) is 14.0 Å². The summed E-state index contributed by atoms with van der Waals surface area (Å²) in [6.45, 7) is 0. The molecule has 1 heterocycles. The van der Waals surface area contributed by atoms with Crippen LogP contribution < -0.4 is 16.2 Å². The molecule has 0 aliphatic carbocycles. The predicted molar refractivity (Wildman–Crippen MR) is 102 cm³/mol. The quantitative estimate of drug-likeness (QED) is 0.433.